The summed E-state index contributed by atoms with van der Waals surface area (Å²) in [7, 11) is 0. The topological polar surface area (TPSA) is 149 Å². The summed E-state index contributed by atoms with van der Waals surface area (Å²) < 4.78 is 11.3. The number of rotatable bonds is 31. The van der Waals surface area contributed by atoms with Crippen LogP contribution in [-0.4, -0.2) is 92.9 Å². The summed E-state index contributed by atoms with van der Waals surface area (Å²) in [6.07, 6.45) is 23.3. The van der Waals surface area contributed by atoms with Crippen molar-refractivity contribution in [2.45, 2.75) is 229 Å². The standard InChI is InChI=1S/C40H76ClNO8/c1-2-3-4-5-6-7-8-9-10-11-12-13-14-15-16-17-18-19-20-21-22-27-35(44)42-32(36(45)33(43)28-31-25-23-24-26-31)30-49-40-39(48)38(47)37(46)34(29-41)50-40/h31-34,36-40,43,45-48H,2-30H2,1H3,(H,42,44)/t32-,33+,34+,36-,37-,38-,39+,40-/m0/s1. The van der Waals surface area contributed by atoms with E-state index in [0.29, 0.717) is 18.8 Å². The molecular formula is C40H76ClNO8. The lowest BCUT2D eigenvalue weighted by Gasteiger charge is -2.40. The van der Waals surface area contributed by atoms with Crippen LogP contribution < -0.4 is 5.32 Å². The van der Waals surface area contributed by atoms with E-state index in [9.17, 15) is 30.3 Å². The molecule has 1 aliphatic carbocycles. The summed E-state index contributed by atoms with van der Waals surface area (Å²) >= 11 is 5.85. The van der Waals surface area contributed by atoms with Crippen LogP contribution in [0.2, 0.25) is 0 Å². The van der Waals surface area contributed by atoms with E-state index < -0.39 is 49.0 Å². The number of hydrogen-bond acceptors (Lipinski definition) is 8. The maximum atomic E-state index is 12.9. The lowest BCUT2D eigenvalue weighted by Crippen LogP contribution is -2.60. The Kier molecular flexibility index (Phi) is 26.4. The lowest BCUT2D eigenvalue weighted by atomic mass is 9.94. The van der Waals surface area contributed by atoms with Crippen molar-refractivity contribution >= 4 is 17.5 Å². The van der Waals surface area contributed by atoms with Crippen molar-refractivity contribution in [2.75, 3.05) is 12.5 Å². The number of ether oxygens (including phenoxy) is 2. The Bertz CT molecular complexity index is 816. The van der Waals surface area contributed by atoms with Crippen LogP contribution in [0.1, 0.15) is 180 Å². The number of unbranched alkanes of at least 4 members (excludes halogenated alkanes) is 20. The molecular weight excluding hydrogens is 658 g/mol. The van der Waals surface area contributed by atoms with Gasteiger partial charge in [-0.05, 0) is 18.8 Å². The van der Waals surface area contributed by atoms with E-state index in [4.69, 9.17) is 21.1 Å². The summed E-state index contributed by atoms with van der Waals surface area (Å²) in [4.78, 5) is 12.9. The Labute approximate surface area is 309 Å². The van der Waals surface area contributed by atoms with Gasteiger partial charge in [-0.25, -0.2) is 0 Å². The minimum Gasteiger partial charge on any atom is -0.390 e. The van der Waals surface area contributed by atoms with Crippen LogP contribution in [0.25, 0.3) is 0 Å². The average molecular weight is 735 g/mol. The zero-order valence-corrected chi connectivity index (χ0v) is 32.3. The lowest BCUT2D eigenvalue weighted by molar-refractivity contribution is -0.294. The van der Waals surface area contributed by atoms with E-state index in [1.807, 2.05) is 0 Å². The van der Waals surface area contributed by atoms with Gasteiger partial charge in [0.25, 0.3) is 0 Å². The zero-order chi connectivity index (χ0) is 36.4. The van der Waals surface area contributed by atoms with Crippen molar-refractivity contribution in [1.82, 2.24) is 5.32 Å². The molecule has 6 N–H and O–H groups in total. The third-order valence-electron chi connectivity index (χ3n) is 11.0. The minimum atomic E-state index is -1.54. The number of aliphatic hydroxyl groups is 5. The molecule has 296 valence electrons. The highest BCUT2D eigenvalue weighted by Crippen LogP contribution is 2.30. The fourth-order valence-electron chi connectivity index (χ4n) is 7.60. The van der Waals surface area contributed by atoms with Crippen molar-refractivity contribution in [3.63, 3.8) is 0 Å². The summed E-state index contributed by atoms with van der Waals surface area (Å²) in [6, 6.07) is -0.942. The number of alkyl halides is 1. The van der Waals surface area contributed by atoms with Gasteiger partial charge in [-0.3, -0.25) is 4.79 Å². The Hall–Kier alpha value is -0.520. The summed E-state index contributed by atoms with van der Waals surface area (Å²) in [5.41, 5.74) is 0. The molecule has 2 fully saturated rings. The van der Waals surface area contributed by atoms with E-state index in [-0.39, 0.29) is 18.4 Å². The molecule has 0 bridgehead atoms. The van der Waals surface area contributed by atoms with E-state index in [1.165, 1.54) is 116 Å². The Morgan fingerprint density at radius 3 is 1.64 bits per heavy atom. The fraction of sp³-hybridized carbons (Fsp3) is 0.975. The molecule has 10 heteroatoms. The van der Waals surface area contributed by atoms with Crippen molar-refractivity contribution < 1.29 is 39.8 Å². The third kappa shape index (κ3) is 19.5. The maximum Gasteiger partial charge on any atom is 0.220 e. The van der Waals surface area contributed by atoms with Crippen LogP contribution in [0, 0.1) is 5.92 Å². The molecule has 0 unspecified atom stereocenters. The van der Waals surface area contributed by atoms with Crippen LogP contribution >= 0.6 is 11.6 Å². The second kappa shape index (κ2) is 28.9. The summed E-state index contributed by atoms with van der Waals surface area (Å²) in [5.74, 6) is -0.0174. The Morgan fingerprint density at radius 1 is 0.720 bits per heavy atom. The second-order valence-corrected chi connectivity index (χ2v) is 15.8. The van der Waals surface area contributed by atoms with Gasteiger partial charge in [-0.2, -0.15) is 0 Å². The molecule has 0 radical (unpaired) electrons. The number of nitrogens with one attached hydrogen (secondary N) is 1. The zero-order valence-electron chi connectivity index (χ0n) is 31.5. The highest BCUT2D eigenvalue weighted by Gasteiger charge is 2.44. The smallest absolute Gasteiger partial charge is 0.220 e. The molecule has 2 rings (SSSR count). The van der Waals surface area contributed by atoms with E-state index in [1.54, 1.807) is 0 Å². The molecule has 2 aliphatic rings. The molecule has 0 aromatic rings. The van der Waals surface area contributed by atoms with Gasteiger partial charge < -0.3 is 40.3 Å². The molecule has 0 aromatic carbocycles. The van der Waals surface area contributed by atoms with Gasteiger partial charge in [0.05, 0.1) is 24.6 Å². The van der Waals surface area contributed by atoms with Crippen molar-refractivity contribution in [1.29, 1.82) is 0 Å². The second-order valence-electron chi connectivity index (χ2n) is 15.4. The normalized spacial score (nSPS) is 24.7. The number of amides is 1. The quantitative estimate of drug-likeness (QED) is 0.0318. The molecule has 1 amide bonds. The van der Waals surface area contributed by atoms with Crippen LogP contribution in [0.5, 0.6) is 0 Å². The molecule has 0 aromatic heterocycles. The summed E-state index contributed by atoms with van der Waals surface area (Å²) in [6.45, 7) is 2.02. The number of hydrogen-bond donors (Lipinski definition) is 6. The van der Waals surface area contributed by atoms with Crippen molar-refractivity contribution in [2.24, 2.45) is 5.92 Å². The molecule has 1 heterocycles. The van der Waals surface area contributed by atoms with E-state index >= 15 is 0 Å². The van der Waals surface area contributed by atoms with Crippen LogP contribution in [0.15, 0.2) is 0 Å². The van der Waals surface area contributed by atoms with Gasteiger partial charge in [-0.15, -0.1) is 11.6 Å². The number of carbonyl (C=O) groups is 1. The first kappa shape index (κ1) is 45.6. The van der Waals surface area contributed by atoms with Crippen molar-refractivity contribution in [3.8, 4) is 0 Å². The van der Waals surface area contributed by atoms with Gasteiger partial charge in [0.1, 0.15) is 30.5 Å². The molecule has 8 atom stereocenters. The van der Waals surface area contributed by atoms with Crippen LogP contribution in [-0.2, 0) is 14.3 Å². The van der Waals surface area contributed by atoms with Gasteiger partial charge >= 0.3 is 0 Å². The Morgan fingerprint density at radius 2 is 1.18 bits per heavy atom. The first-order chi connectivity index (χ1) is 24.3. The fourth-order valence-corrected chi connectivity index (χ4v) is 7.85. The first-order valence-electron chi connectivity index (χ1n) is 20.8. The largest absolute Gasteiger partial charge is 0.390 e. The molecule has 50 heavy (non-hydrogen) atoms. The van der Waals surface area contributed by atoms with Gasteiger partial charge in [0.2, 0.25) is 5.91 Å². The number of carbonyl (C=O) groups excluding carboxylic acids is 1. The minimum absolute atomic E-state index is 0.118. The number of halogens is 1. The monoisotopic (exact) mass is 734 g/mol. The highest BCUT2D eigenvalue weighted by atomic mass is 35.5. The van der Waals surface area contributed by atoms with Crippen molar-refractivity contribution in [3.05, 3.63) is 0 Å². The van der Waals surface area contributed by atoms with Crippen LogP contribution in [0.3, 0.4) is 0 Å². The third-order valence-corrected chi connectivity index (χ3v) is 11.3. The molecule has 1 saturated carbocycles. The first-order valence-corrected chi connectivity index (χ1v) is 21.3. The van der Waals surface area contributed by atoms with Gasteiger partial charge in [-0.1, -0.05) is 161 Å². The molecule has 1 saturated heterocycles. The predicted octanol–water partition coefficient (Wildman–Crippen LogP) is 7.44. The average Bonchev–Trinajstić information content (AvgIpc) is 3.63. The molecule has 1 aliphatic heterocycles. The highest BCUT2D eigenvalue weighted by molar-refractivity contribution is 6.18. The predicted molar refractivity (Wildman–Crippen MR) is 201 cm³/mol. The summed E-state index contributed by atoms with van der Waals surface area (Å²) in [5, 5.41) is 55.4. The van der Waals surface area contributed by atoms with Gasteiger partial charge in [0, 0.05) is 6.42 Å². The van der Waals surface area contributed by atoms with Gasteiger partial charge in [0.15, 0.2) is 6.29 Å². The van der Waals surface area contributed by atoms with E-state index in [0.717, 1.165) is 44.9 Å². The number of aliphatic hydroxyl groups excluding tert-OH is 5. The Balaban J connectivity index is 1.56. The molecule has 0 spiro atoms. The van der Waals surface area contributed by atoms with Crippen LogP contribution in [0.4, 0.5) is 0 Å². The maximum absolute atomic E-state index is 12.9. The SMILES string of the molecule is CCCCCCCCCCCCCCCCCCCCCCCC(=O)N[C@@H](CO[C@H]1O[C@H](CCl)[C@H](O)[C@H](O)[C@H]1O)[C@H](O)[C@H](O)CC1CCCC1. The van der Waals surface area contributed by atoms with E-state index in [2.05, 4.69) is 12.2 Å². The molecule has 9 nitrogen and oxygen atoms in total.